The third-order valence-corrected chi connectivity index (χ3v) is 2.49. The Hall–Kier alpha value is -1.77. The molecule has 1 aromatic carbocycles. The third-order valence-electron chi connectivity index (χ3n) is 2.49. The molecule has 1 aromatic heterocycles. The largest absolute Gasteiger partial charge is 0.543 e. The maximum Gasteiger partial charge on any atom is 0.0881 e. The summed E-state index contributed by atoms with van der Waals surface area (Å²) in [5.74, 6) is -1.15. The van der Waals surface area contributed by atoms with E-state index in [0.717, 1.165) is 22.0 Å². The topological polar surface area (TPSA) is 55.9 Å². The summed E-state index contributed by atoms with van der Waals surface area (Å²) in [5, 5.41) is 11.7. The highest BCUT2D eigenvalue weighted by Gasteiger charge is 2.09. The molecule has 0 saturated carbocycles. The van der Waals surface area contributed by atoms with Gasteiger partial charge >= 0.3 is 0 Å². The van der Waals surface area contributed by atoms with Gasteiger partial charge in [-0.1, -0.05) is 12.1 Å². The highest BCUT2D eigenvalue weighted by molar-refractivity contribution is 5.97. The number of aromatic amines is 1. The maximum atomic E-state index is 10.8. The molecule has 3 heteroatoms. The van der Waals surface area contributed by atoms with Crippen LogP contribution in [0.25, 0.3) is 10.9 Å². The van der Waals surface area contributed by atoms with Crippen molar-refractivity contribution >= 4 is 16.9 Å². The molecule has 72 valence electrons. The van der Waals surface area contributed by atoms with Gasteiger partial charge in [0.15, 0.2) is 0 Å². The number of hydrogen-bond donors (Lipinski definition) is 1. The molecule has 1 N–H and O–H groups in total. The quantitative estimate of drug-likeness (QED) is 0.729. The summed E-state index contributed by atoms with van der Waals surface area (Å²) in [5.41, 5.74) is 2.85. The van der Waals surface area contributed by atoms with Crippen LogP contribution in [-0.2, 0) is 0 Å². The molecule has 2 aromatic rings. The fourth-order valence-electron chi connectivity index (χ4n) is 1.83. The van der Waals surface area contributed by atoms with Crippen LogP contribution in [0.1, 0.15) is 21.6 Å². The van der Waals surface area contributed by atoms with E-state index in [4.69, 9.17) is 0 Å². The first kappa shape index (κ1) is 8.81. The number of carboxylic acids is 1. The second-order valence-corrected chi connectivity index (χ2v) is 3.41. The van der Waals surface area contributed by atoms with E-state index in [1.807, 2.05) is 25.1 Å². The van der Waals surface area contributed by atoms with E-state index in [9.17, 15) is 9.90 Å². The highest BCUT2D eigenvalue weighted by Crippen LogP contribution is 2.24. The molecule has 0 unspecified atom stereocenters. The Balaban J connectivity index is 2.87. The number of carbonyl (C=O) groups is 1. The number of H-pyrrole nitrogens is 1. The molecule has 0 fully saturated rings. The van der Waals surface area contributed by atoms with Crippen molar-refractivity contribution in [1.82, 2.24) is 4.98 Å². The first-order valence-electron chi connectivity index (χ1n) is 4.40. The number of benzene rings is 1. The number of hydrogen-bond acceptors (Lipinski definition) is 2. The molecule has 0 atom stereocenters. The molecule has 2 rings (SSSR count). The minimum atomic E-state index is -1.15. The van der Waals surface area contributed by atoms with Gasteiger partial charge in [-0.2, -0.15) is 0 Å². The van der Waals surface area contributed by atoms with Gasteiger partial charge in [0, 0.05) is 10.9 Å². The standard InChI is InChI=1S/C11H11NO2/c1-6-4-3-5-8-9(6)7(2)10(12-8)11(13)14/h3-5,12H,1-2H3,(H,13,14)/p-1. The van der Waals surface area contributed by atoms with Crippen molar-refractivity contribution in [1.29, 1.82) is 0 Å². The number of rotatable bonds is 1. The second kappa shape index (κ2) is 2.87. The number of aryl methyl sites for hydroxylation is 2. The van der Waals surface area contributed by atoms with Gasteiger partial charge in [-0.25, -0.2) is 0 Å². The van der Waals surface area contributed by atoms with E-state index in [-0.39, 0.29) is 5.69 Å². The van der Waals surface area contributed by atoms with E-state index in [1.165, 1.54) is 0 Å². The molecule has 3 nitrogen and oxygen atoms in total. The van der Waals surface area contributed by atoms with Gasteiger partial charge in [-0.15, -0.1) is 0 Å². The average molecular weight is 188 g/mol. The van der Waals surface area contributed by atoms with Gasteiger partial charge in [0.2, 0.25) is 0 Å². The fourth-order valence-corrected chi connectivity index (χ4v) is 1.83. The van der Waals surface area contributed by atoms with Crippen LogP contribution in [0.2, 0.25) is 0 Å². The summed E-state index contributed by atoms with van der Waals surface area (Å²) in [6, 6.07) is 5.72. The molecule has 0 amide bonds. The molecule has 0 radical (unpaired) electrons. The first-order valence-corrected chi connectivity index (χ1v) is 4.40. The predicted octanol–water partition coefficient (Wildman–Crippen LogP) is 1.15. The van der Waals surface area contributed by atoms with Gasteiger partial charge in [0.1, 0.15) is 0 Å². The van der Waals surface area contributed by atoms with Crippen molar-refractivity contribution in [2.24, 2.45) is 0 Å². The Labute approximate surface area is 81.4 Å². The molecular weight excluding hydrogens is 178 g/mol. The second-order valence-electron chi connectivity index (χ2n) is 3.41. The van der Waals surface area contributed by atoms with Crippen LogP contribution < -0.4 is 5.11 Å². The lowest BCUT2D eigenvalue weighted by atomic mass is 10.1. The lowest BCUT2D eigenvalue weighted by molar-refractivity contribution is -0.255. The molecule has 0 spiro atoms. The SMILES string of the molecule is Cc1cccc2[nH]c(C(=O)[O-])c(C)c12. The molecule has 0 aliphatic rings. The smallest absolute Gasteiger partial charge is 0.0881 e. The van der Waals surface area contributed by atoms with E-state index >= 15 is 0 Å². The molecule has 0 aliphatic heterocycles. The van der Waals surface area contributed by atoms with Crippen LogP contribution in [0.3, 0.4) is 0 Å². The number of carbonyl (C=O) groups excluding carboxylic acids is 1. The Bertz CT molecular complexity index is 511. The summed E-state index contributed by atoms with van der Waals surface area (Å²) < 4.78 is 0. The highest BCUT2D eigenvalue weighted by atomic mass is 16.4. The zero-order chi connectivity index (χ0) is 10.3. The summed E-state index contributed by atoms with van der Waals surface area (Å²) in [6.45, 7) is 3.75. The van der Waals surface area contributed by atoms with Crippen molar-refractivity contribution < 1.29 is 9.90 Å². The van der Waals surface area contributed by atoms with Crippen LogP contribution >= 0.6 is 0 Å². The number of aromatic carboxylic acids is 1. The average Bonchev–Trinajstić information content (AvgIpc) is 2.45. The van der Waals surface area contributed by atoms with E-state index in [1.54, 1.807) is 6.92 Å². The maximum absolute atomic E-state index is 10.8. The monoisotopic (exact) mass is 188 g/mol. The summed E-state index contributed by atoms with van der Waals surface area (Å²) >= 11 is 0. The van der Waals surface area contributed by atoms with Crippen LogP contribution in [-0.4, -0.2) is 11.0 Å². The molecule has 14 heavy (non-hydrogen) atoms. The molecule has 0 saturated heterocycles. The molecule has 0 bridgehead atoms. The Morgan fingerprint density at radius 3 is 2.64 bits per heavy atom. The van der Waals surface area contributed by atoms with Gasteiger partial charge in [-0.3, -0.25) is 0 Å². The van der Waals surface area contributed by atoms with Gasteiger partial charge in [0.05, 0.1) is 11.7 Å². The minimum Gasteiger partial charge on any atom is -0.543 e. The fraction of sp³-hybridized carbons (Fsp3) is 0.182. The van der Waals surface area contributed by atoms with Crippen LogP contribution in [0.5, 0.6) is 0 Å². The van der Waals surface area contributed by atoms with Gasteiger partial charge in [0.25, 0.3) is 0 Å². The van der Waals surface area contributed by atoms with E-state index in [0.29, 0.717) is 0 Å². The minimum absolute atomic E-state index is 0.175. The van der Waals surface area contributed by atoms with Gasteiger partial charge < -0.3 is 14.9 Å². The van der Waals surface area contributed by atoms with Crippen molar-refractivity contribution in [3.8, 4) is 0 Å². The summed E-state index contributed by atoms with van der Waals surface area (Å²) in [4.78, 5) is 13.6. The van der Waals surface area contributed by atoms with Gasteiger partial charge in [-0.05, 0) is 31.0 Å². The lowest BCUT2D eigenvalue weighted by Gasteiger charge is -1.99. The Morgan fingerprint density at radius 2 is 2.07 bits per heavy atom. The number of carboxylic acid groups (broad SMARTS) is 1. The van der Waals surface area contributed by atoms with Crippen LogP contribution in [0, 0.1) is 13.8 Å². The zero-order valence-electron chi connectivity index (χ0n) is 8.05. The van der Waals surface area contributed by atoms with E-state index in [2.05, 4.69) is 4.98 Å². The van der Waals surface area contributed by atoms with Crippen LogP contribution in [0.15, 0.2) is 18.2 Å². The number of aromatic nitrogens is 1. The summed E-state index contributed by atoms with van der Waals surface area (Å²) in [6.07, 6.45) is 0. The van der Waals surface area contributed by atoms with Crippen molar-refractivity contribution in [2.45, 2.75) is 13.8 Å². The first-order chi connectivity index (χ1) is 6.61. The normalized spacial score (nSPS) is 10.7. The lowest BCUT2D eigenvalue weighted by Crippen LogP contribution is -2.23. The Morgan fingerprint density at radius 1 is 1.36 bits per heavy atom. The molecule has 0 aliphatic carbocycles. The molecule has 1 heterocycles. The Kier molecular flexibility index (Phi) is 1.81. The van der Waals surface area contributed by atoms with Crippen molar-refractivity contribution in [3.63, 3.8) is 0 Å². The predicted molar refractivity (Wildman–Crippen MR) is 52.1 cm³/mol. The van der Waals surface area contributed by atoms with Crippen molar-refractivity contribution in [2.75, 3.05) is 0 Å². The number of fused-ring (bicyclic) bond motifs is 1. The number of nitrogens with one attached hydrogen (secondary N) is 1. The third kappa shape index (κ3) is 1.09. The van der Waals surface area contributed by atoms with Crippen molar-refractivity contribution in [3.05, 3.63) is 35.0 Å². The van der Waals surface area contributed by atoms with Crippen LogP contribution in [0.4, 0.5) is 0 Å². The van der Waals surface area contributed by atoms with E-state index < -0.39 is 5.97 Å². The summed E-state index contributed by atoms with van der Waals surface area (Å²) in [7, 11) is 0. The zero-order valence-corrected chi connectivity index (χ0v) is 8.05. The molecular formula is C11H10NO2-.